The maximum absolute atomic E-state index is 11.9. The molecule has 1 aliphatic heterocycles. The molecule has 1 heterocycles. The van der Waals surface area contributed by atoms with Crippen molar-refractivity contribution in [3.8, 4) is 0 Å². The summed E-state index contributed by atoms with van der Waals surface area (Å²) in [6.07, 6.45) is 6.84. The fraction of sp³-hybridized carbons (Fsp3) is 0.667. The molecule has 0 aliphatic carbocycles. The summed E-state index contributed by atoms with van der Waals surface area (Å²) in [6.45, 7) is 8.39. The van der Waals surface area contributed by atoms with Gasteiger partial charge in [-0.25, -0.2) is 4.79 Å². The molecule has 0 bridgehead atoms. The third kappa shape index (κ3) is 2.53. The Labute approximate surface area is 86.3 Å². The lowest BCUT2D eigenvalue weighted by Gasteiger charge is -2.15. The van der Waals surface area contributed by atoms with Crippen LogP contribution in [0.2, 0.25) is 0 Å². The van der Waals surface area contributed by atoms with Crippen LogP contribution in [-0.4, -0.2) is 22.7 Å². The second-order valence-electron chi connectivity index (χ2n) is 4.61. The molecule has 1 atom stereocenters. The summed E-state index contributed by atoms with van der Waals surface area (Å²) in [5.41, 5.74) is 0. The molecule has 1 aliphatic rings. The predicted molar refractivity (Wildman–Crippen MR) is 58.6 cm³/mol. The second-order valence-corrected chi connectivity index (χ2v) is 4.61. The maximum Gasteiger partial charge on any atom is 0.393 e. The molecular weight excluding hydrogens is 174 g/mol. The van der Waals surface area contributed by atoms with Crippen LogP contribution >= 0.6 is 0 Å². The molecule has 0 aromatic rings. The van der Waals surface area contributed by atoms with E-state index in [1.54, 1.807) is 0 Å². The van der Waals surface area contributed by atoms with E-state index >= 15 is 0 Å². The topological polar surface area (TPSA) is 20.1 Å². The Hall–Kier alpha value is -0.920. The number of allylic oxidation sites excluding steroid dienone is 1. The highest BCUT2D eigenvalue weighted by molar-refractivity contribution is 5.83. The number of hydrogen-bond donors (Lipinski definition) is 0. The summed E-state index contributed by atoms with van der Waals surface area (Å²) < 4.78 is 1.83. The molecule has 0 radical (unpaired) electrons. The number of carbonyl (C=O) groups excluding carboxylic acids is 1. The van der Waals surface area contributed by atoms with Gasteiger partial charge in [0, 0.05) is 0 Å². The van der Waals surface area contributed by atoms with Crippen molar-refractivity contribution < 1.29 is 9.37 Å². The minimum absolute atomic E-state index is 0.0856. The highest BCUT2D eigenvalue weighted by Crippen LogP contribution is 2.17. The van der Waals surface area contributed by atoms with Crippen LogP contribution in [-0.2, 0) is 4.79 Å². The Morgan fingerprint density at radius 3 is 2.50 bits per heavy atom. The summed E-state index contributed by atoms with van der Waals surface area (Å²) in [7, 11) is 0. The van der Waals surface area contributed by atoms with Crippen LogP contribution in [0.4, 0.5) is 0 Å². The molecule has 2 heteroatoms. The molecule has 14 heavy (non-hydrogen) atoms. The molecule has 0 spiro atoms. The largest absolute Gasteiger partial charge is 0.393 e. The smallest absolute Gasteiger partial charge is 0.219 e. The fourth-order valence-corrected chi connectivity index (χ4v) is 1.74. The molecule has 0 aromatic heterocycles. The van der Waals surface area contributed by atoms with Gasteiger partial charge in [0.15, 0.2) is 12.3 Å². The van der Waals surface area contributed by atoms with Crippen LogP contribution in [0.3, 0.4) is 0 Å². The quantitative estimate of drug-likeness (QED) is 0.631. The Morgan fingerprint density at radius 2 is 2.00 bits per heavy atom. The van der Waals surface area contributed by atoms with Gasteiger partial charge in [0.2, 0.25) is 0 Å². The van der Waals surface area contributed by atoms with Gasteiger partial charge in [-0.3, -0.25) is 0 Å². The van der Waals surface area contributed by atoms with Gasteiger partial charge in [-0.15, -0.1) is 0 Å². The van der Waals surface area contributed by atoms with E-state index in [0.29, 0.717) is 5.92 Å². The minimum atomic E-state index is 0.0856. The molecule has 78 valence electrons. The second kappa shape index (κ2) is 4.54. The minimum Gasteiger partial charge on any atom is -0.219 e. The third-order valence-corrected chi connectivity index (χ3v) is 2.44. The summed E-state index contributed by atoms with van der Waals surface area (Å²) in [5.74, 6) is 0.902. The zero-order valence-corrected chi connectivity index (χ0v) is 9.53. The van der Waals surface area contributed by atoms with E-state index in [-0.39, 0.29) is 17.9 Å². The lowest BCUT2D eigenvalue weighted by Crippen LogP contribution is -2.35. The van der Waals surface area contributed by atoms with Crippen molar-refractivity contribution in [2.24, 2.45) is 11.8 Å². The van der Waals surface area contributed by atoms with E-state index in [2.05, 4.69) is 13.8 Å². The molecule has 0 fully saturated rings. The van der Waals surface area contributed by atoms with Gasteiger partial charge in [-0.2, -0.15) is 4.58 Å². The van der Waals surface area contributed by atoms with Crippen molar-refractivity contribution >= 4 is 12.1 Å². The van der Waals surface area contributed by atoms with Crippen LogP contribution < -0.4 is 0 Å². The van der Waals surface area contributed by atoms with Gasteiger partial charge in [-0.1, -0.05) is 19.9 Å². The predicted octanol–water partition coefficient (Wildman–Crippen LogP) is 2.24. The van der Waals surface area contributed by atoms with E-state index in [4.69, 9.17) is 0 Å². The Balaban J connectivity index is 2.74. The van der Waals surface area contributed by atoms with Gasteiger partial charge >= 0.3 is 5.91 Å². The van der Waals surface area contributed by atoms with Gasteiger partial charge in [0.1, 0.15) is 5.92 Å². The van der Waals surface area contributed by atoms with Crippen molar-refractivity contribution in [2.45, 2.75) is 40.2 Å². The molecular formula is C12H20NO+. The van der Waals surface area contributed by atoms with Crippen molar-refractivity contribution in [2.75, 3.05) is 0 Å². The van der Waals surface area contributed by atoms with Crippen LogP contribution in [0, 0.1) is 11.8 Å². The molecule has 1 rings (SSSR count). The first-order valence-corrected chi connectivity index (χ1v) is 5.36. The first kappa shape index (κ1) is 11.2. The highest BCUT2D eigenvalue weighted by atomic mass is 16.2. The van der Waals surface area contributed by atoms with E-state index in [1.807, 2.05) is 36.8 Å². The average Bonchev–Trinajstić information content (AvgIpc) is 2.07. The van der Waals surface area contributed by atoms with Gasteiger partial charge in [-0.05, 0) is 32.3 Å². The maximum atomic E-state index is 11.9. The van der Waals surface area contributed by atoms with Crippen molar-refractivity contribution in [3.63, 3.8) is 0 Å². The van der Waals surface area contributed by atoms with Gasteiger partial charge < -0.3 is 0 Å². The van der Waals surface area contributed by atoms with Crippen LogP contribution in [0.25, 0.3) is 0 Å². The number of amides is 1. The number of rotatable bonds is 3. The van der Waals surface area contributed by atoms with Crippen molar-refractivity contribution in [1.82, 2.24) is 0 Å². The summed E-state index contributed by atoms with van der Waals surface area (Å²) in [4.78, 5) is 11.9. The lowest BCUT2D eigenvalue weighted by molar-refractivity contribution is -0.479. The molecule has 0 aromatic carbocycles. The van der Waals surface area contributed by atoms with Crippen LogP contribution in [0.1, 0.15) is 34.1 Å². The summed E-state index contributed by atoms with van der Waals surface area (Å²) in [6, 6.07) is 0.266. The standard InChI is InChI=1S/C12H20NO/c1-9(2)8-11-6-5-7-13(10(3)4)12(11)14/h5-7,9-11H,8H2,1-4H3/q+1. The number of carbonyl (C=O) groups is 1. The van der Waals surface area contributed by atoms with Crippen LogP contribution in [0.5, 0.6) is 0 Å². The SMILES string of the molecule is CC(C)CC1C=CC=[N+](C(C)C)C1=O. The van der Waals surface area contributed by atoms with Crippen molar-refractivity contribution in [3.05, 3.63) is 12.2 Å². The summed E-state index contributed by atoms with van der Waals surface area (Å²) in [5, 5.41) is 0. The Bertz CT molecular complexity index is 274. The van der Waals surface area contributed by atoms with Gasteiger partial charge in [0.05, 0.1) is 0 Å². The molecule has 0 saturated carbocycles. The van der Waals surface area contributed by atoms with E-state index in [0.717, 1.165) is 6.42 Å². The molecule has 1 unspecified atom stereocenters. The Morgan fingerprint density at radius 1 is 1.36 bits per heavy atom. The number of hydrogen-bond acceptors (Lipinski definition) is 1. The fourth-order valence-electron chi connectivity index (χ4n) is 1.74. The van der Waals surface area contributed by atoms with E-state index in [9.17, 15) is 4.79 Å². The first-order chi connectivity index (χ1) is 6.52. The number of nitrogens with zero attached hydrogens (tertiary/aromatic N) is 1. The Kier molecular flexibility index (Phi) is 3.62. The average molecular weight is 194 g/mol. The normalized spacial score (nSPS) is 22.0. The highest BCUT2D eigenvalue weighted by Gasteiger charge is 2.31. The van der Waals surface area contributed by atoms with E-state index in [1.165, 1.54) is 0 Å². The molecule has 1 amide bonds. The van der Waals surface area contributed by atoms with Gasteiger partial charge in [0.25, 0.3) is 0 Å². The van der Waals surface area contributed by atoms with Crippen molar-refractivity contribution in [1.29, 1.82) is 0 Å². The zero-order valence-electron chi connectivity index (χ0n) is 9.53. The lowest BCUT2D eigenvalue weighted by atomic mass is 9.94. The van der Waals surface area contributed by atoms with E-state index < -0.39 is 0 Å². The first-order valence-electron chi connectivity index (χ1n) is 5.36. The molecule has 0 N–H and O–H groups in total. The molecule has 0 saturated heterocycles. The van der Waals surface area contributed by atoms with Crippen LogP contribution in [0.15, 0.2) is 12.2 Å². The monoisotopic (exact) mass is 194 g/mol. The third-order valence-electron chi connectivity index (χ3n) is 2.44. The molecule has 2 nitrogen and oxygen atoms in total. The zero-order chi connectivity index (χ0) is 10.7. The summed E-state index contributed by atoms with van der Waals surface area (Å²) >= 11 is 0.